The van der Waals surface area contributed by atoms with Crippen LogP contribution in [0.5, 0.6) is 5.88 Å². The summed E-state index contributed by atoms with van der Waals surface area (Å²) in [7, 11) is 0. The Morgan fingerprint density at radius 3 is 2.92 bits per heavy atom. The van der Waals surface area contributed by atoms with Crippen LogP contribution in [-0.2, 0) is 0 Å². The van der Waals surface area contributed by atoms with E-state index in [9.17, 15) is 5.11 Å². The van der Waals surface area contributed by atoms with Crippen LogP contribution < -0.4 is 0 Å². The first-order valence-corrected chi connectivity index (χ1v) is 4.11. The first kappa shape index (κ1) is 9.75. The van der Waals surface area contributed by atoms with Gasteiger partial charge in [-0.15, -0.1) is 0 Å². The lowest BCUT2D eigenvalue weighted by Gasteiger charge is -2.09. The molecule has 5 heteroatoms. The smallest absolute Gasteiger partial charge is 0.218 e. The molecule has 0 saturated heterocycles. The number of hydrogen-bond acceptors (Lipinski definition) is 4. The zero-order valence-corrected chi connectivity index (χ0v) is 7.78. The summed E-state index contributed by atoms with van der Waals surface area (Å²) in [6.07, 6.45) is 1.46. The first-order chi connectivity index (χ1) is 6.16. The Morgan fingerprint density at radius 2 is 2.38 bits per heavy atom. The monoisotopic (exact) mass is 197 g/mol. The lowest BCUT2D eigenvalue weighted by molar-refractivity contribution is 0.439. The second kappa shape index (κ2) is 4.06. The van der Waals surface area contributed by atoms with E-state index in [4.69, 9.17) is 16.9 Å². The van der Waals surface area contributed by atoms with Gasteiger partial charge in [0.1, 0.15) is 11.5 Å². The normalized spacial score (nSPS) is 12.1. The van der Waals surface area contributed by atoms with Crippen LogP contribution in [-0.4, -0.2) is 15.1 Å². The number of hydrogen-bond donors (Lipinski definition) is 1. The van der Waals surface area contributed by atoms with Gasteiger partial charge in [-0.05, 0) is 0 Å². The molecule has 1 aromatic heterocycles. The minimum Gasteiger partial charge on any atom is -0.493 e. The average Bonchev–Trinajstić information content (AvgIpc) is 2.04. The molecule has 0 aliphatic rings. The van der Waals surface area contributed by atoms with E-state index in [1.165, 1.54) is 6.33 Å². The third-order valence-corrected chi connectivity index (χ3v) is 2.01. The van der Waals surface area contributed by atoms with Crippen LogP contribution in [0.2, 0.25) is 5.15 Å². The van der Waals surface area contributed by atoms with E-state index < -0.39 is 0 Å². The van der Waals surface area contributed by atoms with Crippen LogP contribution in [0.1, 0.15) is 24.8 Å². The van der Waals surface area contributed by atoms with Gasteiger partial charge >= 0.3 is 0 Å². The van der Waals surface area contributed by atoms with E-state index in [0.717, 1.165) is 0 Å². The van der Waals surface area contributed by atoms with Crippen LogP contribution >= 0.6 is 11.6 Å². The maximum absolute atomic E-state index is 9.34. The maximum atomic E-state index is 9.34. The van der Waals surface area contributed by atoms with Crippen molar-refractivity contribution in [2.75, 3.05) is 0 Å². The number of aromatic nitrogens is 2. The summed E-state index contributed by atoms with van der Waals surface area (Å²) < 4.78 is 0. The number of rotatable bonds is 2. The summed E-state index contributed by atoms with van der Waals surface area (Å²) in [6, 6.07) is 2.00. The van der Waals surface area contributed by atoms with Crippen molar-refractivity contribution in [2.45, 2.75) is 19.3 Å². The van der Waals surface area contributed by atoms with E-state index in [2.05, 4.69) is 9.97 Å². The Labute approximate surface area is 80.8 Å². The molecule has 1 aromatic rings. The van der Waals surface area contributed by atoms with Crippen molar-refractivity contribution in [2.24, 2.45) is 0 Å². The van der Waals surface area contributed by atoms with Crippen LogP contribution in [0, 0.1) is 11.3 Å². The quantitative estimate of drug-likeness (QED) is 0.735. The van der Waals surface area contributed by atoms with E-state index in [-0.39, 0.29) is 23.4 Å². The highest BCUT2D eigenvalue weighted by Crippen LogP contribution is 2.30. The molecular weight excluding hydrogens is 190 g/mol. The predicted molar refractivity (Wildman–Crippen MR) is 47.4 cm³/mol. The Morgan fingerprint density at radius 1 is 1.69 bits per heavy atom. The Hall–Kier alpha value is -1.34. The Bertz CT molecular complexity index is 327. The molecule has 0 spiro atoms. The number of aromatic hydroxyl groups is 1. The van der Waals surface area contributed by atoms with E-state index in [0.29, 0.717) is 5.56 Å². The standard InChI is InChI=1S/C8H8ClN3O/c1-5(2-3-10)6-7(9)11-4-12-8(6)13/h4-5H,2H2,1H3,(H,11,12,13)/t5-/m1/s1. The van der Waals surface area contributed by atoms with Gasteiger partial charge in [-0.3, -0.25) is 0 Å². The molecule has 0 saturated carbocycles. The minimum atomic E-state index is -0.154. The van der Waals surface area contributed by atoms with Gasteiger partial charge in [0.15, 0.2) is 0 Å². The highest BCUT2D eigenvalue weighted by Gasteiger charge is 2.15. The van der Waals surface area contributed by atoms with Crippen molar-refractivity contribution in [1.29, 1.82) is 5.26 Å². The Balaban J connectivity index is 3.06. The van der Waals surface area contributed by atoms with Crippen molar-refractivity contribution in [3.05, 3.63) is 17.0 Å². The van der Waals surface area contributed by atoms with E-state index in [1.807, 2.05) is 6.07 Å². The van der Waals surface area contributed by atoms with Gasteiger partial charge in [-0.2, -0.15) is 5.26 Å². The predicted octanol–water partition coefficient (Wildman–Crippen LogP) is 1.85. The molecule has 0 aromatic carbocycles. The molecule has 0 radical (unpaired) electrons. The summed E-state index contributed by atoms with van der Waals surface area (Å²) in [4.78, 5) is 7.32. The minimum absolute atomic E-state index is 0.150. The molecule has 1 rings (SSSR count). The SMILES string of the molecule is C[C@H](CC#N)c1c(O)ncnc1Cl. The molecule has 4 nitrogen and oxygen atoms in total. The van der Waals surface area contributed by atoms with Gasteiger partial charge in [0, 0.05) is 12.3 Å². The Kier molecular flexibility index (Phi) is 3.04. The fourth-order valence-corrected chi connectivity index (χ4v) is 1.34. The maximum Gasteiger partial charge on any atom is 0.218 e. The lowest BCUT2D eigenvalue weighted by atomic mass is 10.0. The number of nitrogens with zero attached hydrogens (tertiary/aromatic N) is 3. The molecule has 0 unspecified atom stereocenters. The molecule has 1 heterocycles. The third-order valence-electron chi connectivity index (χ3n) is 1.70. The zero-order valence-electron chi connectivity index (χ0n) is 7.03. The molecule has 0 fully saturated rings. The van der Waals surface area contributed by atoms with Gasteiger partial charge in [-0.25, -0.2) is 9.97 Å². The molecule has 0 amide bonds. The fraction of sp³-hybridized carbons (Fsp3) is 0.375. The van der Waals surface area contributed by atoms with Crippen molar-refractivity contribution < 1.29 is 5.11 Å². The molecule has 68 valence electrons. The fourth-order valence-electron chi connectivity index (χ4n) is 1.03. The van der Waals surface area contributed by atoms with Crippen molar-refractivity contribution in [3.8, 4) is 11.9 Å². The average molecular weight is 198 g/mol. The lowest BCUT2D eigenvalue weighted by Crippen LogP contribution is -1.97. The summed E-state index contributed by atoms with van der Waals surface area (Å²) in [5.41, 5.74) is 0.436. The molecule has 0 aliphatic heterocycles. The van der Waals surface area contributed by atoms with Gasteiger partial charge in [-0.1, -0.05) is 18.5 Å². The van der Waals surface area contributed by atoms with Crippen molar-refractivity contribution in [1.82, 2.24) is 9.97 Å². The van der Waals surface area contributed by atoms with Gasteiger partial charge < -0.3 is 5.11 Å². The zero-order chi connectivity index (χ0) is 9.84. The molecule has 1 N–H and O–H groups in total. The highest BCUT2D eigenvalue weighted by atomic mass is 35.5. The van der Waals surface area contributed by atoms with Gasteiger partial charge in [0.25, 0.3) is 0 Å². The second-order valence-corrected chi connectivity index (χ2v) is 3.02. The second-order valence-electron chi connectivity index (χ2n) is 2.67. The molecule has 13 heavy (non-hydrogen) atoms. The largest absolute Gasteiger partial charge is 0.493 e. The van der Waals surface area contributed by atoms with E-state index in [1.54, 1.807) is 6.92 Å². The van der Waals surface area contributed by atoms with E-state index >= 15 is 0 Å². The first-order valence-electron chi connectivity index (χ1n) is 3.73. The van der Waals surface area contributed by atoms with Crippen LogP contribution in [0.25, 0.3) is 0 Å². The topological polar surface area (TPSA) is 69.8 Å². The third kappa shape index (κ3) is 2.07. The summed E-state index contributed by atoms with van der Waals surface area (Å²) in [5.74, 6) is -0.304. The van der Waals surface area contributed by atoms with Crippen LogP contribution in [0.4, 0.5) is 0 Å². The number of halogens is 1. The van der Waals surface area contributed by atoms with Gasteiger partial charge in [0.2, 0.25) is 5.88 Å². The number of nitriles is 1. The molecule has 0 aliphatic carbocycles. The van der Waals surface area contributed by atoms with Crippen molar-refractivity contribution in [3.63, 3.8) is 0 Å². The summed E-state index contributed by atoms with van der Waals surface area (Å²) >= 11 is 5.74. The van der Waals surface area contributed by atoms with Gasteiger partial charge in [0.05, 0.1) is 11.6 Å². The molecule has 1 atom stereocenters. The molecule has 0 bridgehead atoms. The van der Waals surface area contributed by atoms with Crippen LogP contribution in [0.15, 0.2) is 6.33 Å². The summed E-state index contributed by atoms with van der Waals surface area (Å²) in [5, 5.41) is 18.0. The summed E-state index contributed by atoms with van der Waals surface area (Å²) in [6.45, 7) is 1.79. The van der Waals surface area contributed by atoms with Crippen LogP contribution in [0.3, 0.4) is 0 Å². The highest BCUT2D eigenvalue weighted by molar-refractivity contribution is 6.30. The van der Waals surface area contributed by atoms with Crippen molar-refractivity contribution >= 4 is 11.6 Å². The molecular formula is C8H8ClN3O.